The molecule has 0 bridgehead atoms. The average Bonchev–Trinajstić information content (AvgIpc) is 1.63. The van der Waals surface area contributed by atoms with E-state index in [1.54, 1.807) is 54.9 Å². The standard InChI is InChI=1S/C33H34ClF2NO6.C29H26ClF2NO6.Li.H2O/c1-32(2,3)43-31(39)30-23-6-18-8-28(37-13-24(18)29(23)30)42-15-19-7-22(27(36)10-26(19)35)21-5-4-20(9-25(21)34)41-14-17-11-33(40,12-17)16-38;30-22-6-17(38-11-14-8-29(37,9-14)13-34)1-2-18(22)19-4-16(23(31)7-24(19)32)12-39-25-5-15-3-20-26(21(15)10-33-25)27(20)28(35)36;;/h4-5,7-10,13,17,23,29-30,38,40H,6,11-12,14-16H2,1-3H3;1-2,4-7,10,14,20,26-27,34,37H,3,8-9,11-13H2,(H,35,36);;1H2/q;;+1;/p-1/t17?,23-,29-,30+,33?;14?,20-,26-,27+,29?;;/m11../s1. The van der Waals surface area contributed by atoms with Gasteiger partial charge in [0.1, 0.15) is 53.6 Å². The van der Waals surface area contributed by atoms with Crippen LogP contribution in [0.5, 0.6) is 23.3 Å². The van der Waals surface area contributed by atoms with Gasteiger partial charge in [0.2, 0.25) is 11.8 Å². The number of aromatic nitrogens is 2. The number of carboxylic acid groups (broad SMARTS) is 1. The molecule has 6 N–H and O–H groups in total. The van der Waals surface area contributed by atoms with Gasteiger partial charge in [-0.2, -0.15) is 0 Å². The molecule has 0 spiro atoms. The number of halogens is 6. The Labute approximate surface area is 503 Å². The second-order valence-electron chi connectivity index (χ2n) is 23.8. The summed E-state index contributed by atoms with van der Waals surface area (Å²) in [6.45, 7) is 5.37. The number of ether oxygens (including phenoxy) is 5. The van der Waals surface area contributed by atoms with E-state index in [9.17, 15) is 47.6 Å². The van der Waals surface area contributed by atoms with Crippen LogP contribution in [0.15, 0.2) is 85.2 Å². The number of fused-ring (bicyclic) bond motifs is 6. The van der Waals surface area contributed by atoms with Gasteiger partial charge in [-0.05, 0) is 154 Å². The Kier molecular flexibility index (Phi) is 18.2. The number of pyridine rings is 2. The van der Waals surface area contributed by atoms with E-state index < -0.39 is 46.0 Å². The Morgan fingerprint density at radius 2 is 1.02 bits per heavy atom. The summed E-state index contributed by atoms with van der Waals surface area (Å²) in [5, 5.41) is 47.9. The minimum Gasteiger partial charge on any atom is -0.870 e. The fourth-order valence-electron chi connectivity index (χ4n) is 12.4. The first-order valence-corrected chi connectivity index (χ1v) is 27.9. The van der Waals surface area contributed by atoms with Crippen molar-refractivity contribution in [2.24, 2.45) is 35.5 Å². The summed E-state index contributed by atoms with van der Waals surface area (Å²) < 4.78 is 87.7. The van der Waals surface area contributed by atoms with Gasteiger partial charge >= 0.3 is 30.8 Å². The third-order valence-electron chi connectivity index (χ3n) is 16.6. The number of rotatable bonds is 18. The number of nitrogens with zero attached hydrogens (tertiary/aromatic N) is 2. The predicted octanol–water partition coefficient (Wildman–Crippen LogP) is 7.57. The molecule has 6 aliphatic carbocycles. The zero-order chi connectivity index (χ0) is 58.2. The number of aliphatic hydroxyl groups is 4. The van der Waals surface area contributed by atoms with Gasteiger partial charge in [0, 0.05) is 81.9 Å². The number of esters is 1. The van der Waals surface area contributed by atoms with Crippen molar-refractivity contribution in [2.75, 3.05) is 26.4 Å². The van der Waals surface area contributed by atoms with Crippen LogP contribution in [0.2, 0.25) is 10.0 Å². The Hall–Kier alpha value is -5.98. The first kappa shape index (κ1) is 62.5. The molecule has 6 atom stereocenters. The van der Waals surface area contributed by atoms with Crippen LogP contribution < -0.4 is 37.8 Å². The van der Waals surface area contributed by atoms with Gasteiger partial charge in [-0.1, -0.05) is 23.2 Å². The van der Waals surface area contributed by atoms with Gasteiger partial charge in [-0.15, -0.1) is 0 Å². The minimum absolute atomic E-state index is 0. The molecule has 0 aliphatic heterocycles. The molecule has 22 heteroatoms. The quantitative estimate of drug-likeness (QED) is 0.0317. The Bertz CT molecular complexity index is 3490. The molecular formula is C62H61Cl2F4LiN2O13. The van der Waals surface area contributed by atoms with Crippen LogP contribution in [0.25, 0.3) is 22.3 Å². The summed E-state index contributed by atoms with van der Waals surface area (Å²) in [4.78, 5) is 32.5. The normalized spacial score (nSPS) is 25.2. The fraction of sp³-hybridized carbons (Fsp3) is 0.419. The van der Waals surface area contributed by atoms with Crippen molar-refractivity contribution in [1.29, 1.82) is 0 Å². The third kappa shape index (κ3) is 13.1. The van der Waals surface area contributed by atoms with Crippen molar-refractivity contribution in [1.82, 2.24) is 9.97 Å². The first-order chi connectivity index (χ1) is 39.0. The molecule has 4 aromatic carbocycles. The molecule has 0 amide bonds. The van der Waals surface area contributed by atoms with Gasteiger partial charge in [0.15, 0.2) is 0 Å². The monoisotopic (exact) mass is 1190 g/mol. The van der Waals surface area contributed by atoms with Crippen LogP contribution in [0.3, 0.4) is 0 Å². The van der Waals surface area contributed by atoms with Gasteiger partial charge in [-0.25, -0.2) is 27.5 Å². The van der Waals surface area contributed by atoms with E-state index in [4.69, 9.17) is 52.0 Å². The van der Waals surface area contributed by atoms with Gasteiger partial charge in [0.25, 0.3) is 0 Å². The van der Waals surface area contributed by atoms with Crippen LogP contribution in [-0.2, 0) is 40.4 Å². The third-order valence-corrected chi connectivity index (χ3v) is 17.3. The summed E-state index contributed by atoms with van der Waals surface area (Å²) in [6.07, 6.45) is 6.53. The van der Waals surface area contributed by atoms with Crippen molar-refractivity contribution >= 4 is 35.1 Å². The fourth-order valence-corrected chi connectivity index (χ4v) is 13.0. The van der Waals surface area contributed by atoms with Crippen LogP contribution >= 0.6 is 23.2 Å². The first-order valence-electron chi connectivity index (χ1n) is 27.2. The summed E-state index contributed by atoms with van der Waals surface area (Å²) in [7, 11) is 0. The van der Waals surface area contributed by atoms with E-state index in [0.29, 0.717) is 73.8 Å². The number of carbonyl (C=O) groups excluding carboxylic acids is 1. The molecular weight excluding hydrogens is 1130 g/mol. The number of carboxylic acids is 1. The number of hydrogen-bond acceptors (Lipinski definition) is 14. The number of benzene rings is 4. The smallest absolute Gasteiger partial charge is 0.870 e. The largest absolute Gasteiger partial charge is 1.00 e. The second kappa shape index (κ2) is 24.4. The Morgan fingerprint density at radius 3 is 1.42 bits per heavy atom. The Balaban J connectivity index is 0.000000198. The molecule has 6 aliphatic rings. The number of aliphatic carboxylic acids is 1. The van der Waals surface area contributed by atoms with Gasteiger partial charge in [0.05, 0.1) is 59.5 Å². The van der Waals surface area contributed by atoms with E-state index in [0.717, 1.165) is 40.8 Å². The zero-order valence-electron chi connectivity index (χ0n) is 46.4. The molecule has 4 fully saturated rings. The minimum atomic E-state index is -1.03. The molecule has 15 nitrogen and oxygen atoms in total. The molecule has 84 heavy (non-hydrogen) atoms. The summed E-state index contributed by atoms with van der Waals surface area (Å²) >= 11 is 12.9. The molecule has 0 saturated heterocycles. The number of hydrogen-bond donors (Lipinski definition) is 5. The maximum absolute atomic E-state index is 14.9. The Morgan fingerprint density at radius 1 is 0.607 bits per heavy atom. The van der Waals surface area contributed by atoms with E-state index in [2.05, 4.69) is 9.97 Å². The topological polar surface area (TPSA) is 237 Å². The van der Waals surface area contributed by atoms with E-state index in [1.165, 1.54) is 12.1 Å². The molecule has 0 radical (unpaired) electrons. The van der Waals surface area contributed by atoms with Crippen LogP contribution in [0.1, 0.15) is 91.7 Å². The second-order valence-corrected chi connectivity index (χ2v) is 24.6. The maximum atomic E-state index is 14.9. The van der Waals surface area contributed by atoms with E-state index in [1.807, 2.05) is 26.8 Å². The van der Waals surface area contributed by atoms with Crippen molar-refractivity contribution in [3.63, 3.8) is 0 Å². The van der Waals surface area contributed by atoms with E-state index in [-0.39, 0.29) is 142 Å². The average molecular weight is 1200 g/mol. The molecule has 440 valence electrons. The maximum Gasteiger partial charge on any atom is 1.00 e. The summed E-state index contributed by atoms with van der Waals surface area (Å²) in [5.41, 5.74) is 2.65. The van der Waals surface area contributed by atoms with Crippen molar-refractivity contribution in [3.8, 4) is 45.5 Å². The van der Waals surface area contributed by atoms with Gasteiger partial charge in [-0.3, -0.25) is 9.59 Å². The van der Waals surface area contributed by atoms with E-state index >= 15 is 0 Å². The SMILES string of the molecule is CC(C)(C)OC(=O)[C@H]1[C@@H]2Cc3cc(OCc4cc(-c5ccc(OCC6CC(O)(CO)C6)cc5Cl)c(F)cc4F)ncc3[C@@H]21.O=C(O)[C@H]1[C@@H]2Cc3cc(OCc4cc(-c5ccc(OCC6CC(O)(CO)C6)cc5Cl)c(F)cc4F)ncc3[C@@H]21.[Li+].[OH-]. The van der Waals surface area contributed by atoms with Crippen LogP contribution in [0.4, 0.5) is 17.6 Å². The molecule has 6 aromatic rings. The predicted molar refractivity (Wildman–Crippen MR) is 294 cm³/mol. The van der Waals surface area contributed by atoms with Crippen molar-refractivity contribution < 1.29 is 101 Å². The number of carbonyl (C=O) groups is 2. The van der Waals surface area contributed by atoms with Crippen LogP contribution in [0, 0.1) is 58.8 Å². The molecule has 12 rings (SSSR count). The molecule has 4 saturated carbocycles. The molecule has 2 aromatic heterocycles. The molecule has 2 heterocycles. The van der Waals surface area contributed by atoms with Crippen molar-refractivity contribution in [3.05, 3.63) is 152 Å². The number of aliphatic hydroxyl groups excluding tert-OH is 2. The summed E-state index contributed by atoms with van der Waals surface area (Å²) in [5.74, 6) is -2.28. The van der Waals surface area contributed by atoms with Crippen molar-refractivity contribution in [2.45, 2.75) is 101 Å². The zero-order valence-corrected chi connectivity index (χ0v) is 47.9. The van der Waals surface area contributed by atoms with Gasteiger partial charge < -0.3 is 54.7 Å². The molecule has 0 unspecified atom stereocenters. The van der Waals surface area contributed by atoms with Crippen LogP contribution in [-0.4, -0.2) is 96.1 Å². The summed E-state index contributed by atoms with van der Waals surface area (Å²) in [6, 6.07) is 17.6.